The molecular weight excluding hydrogens is 269 g/mol. The number of hydrogen-bond acceptors (Lipinski definition) is 5. The maximum absolute atomic E-state index is 13.5. The summed E-state index contributed by atoms with van der Waals surface area (Å²) in [7, 11) is 0. The van der Waals surface area contributed by atoms with Crippen LogP contribution in [-0.4, -0.2) is 21.7 Å². The topological polar surface area (TPSA) is 62.7 Å². The van der Waals surface area contributed by atoms with Crippen LogP contribution in [0.1, 0.15) is 25.8 Å². The highest BCUT2D eigenvalue weighted by molar-refractivity contribution is 5.38. The minimum Gasteiger partial charge on any atom is -0.364 e. The molecular formula is C15H20FN5. The Morgan fingerprint density at radius 3 is 2.76 bits per heavy atom. The van der Waals surface area contributed by atoms with Gasteiger partial charge in [0.15, 0.2) is 5.82 Å². The molecule has 1 heterocycles. The van der Waals surface area contributed by atoms with Crippen LogP contribution in [0, 0.1) is 11.7 Å². The fraction of sp³-hybridized carbons (Fsp3) is 0.400. The van der Waals surface area contributed by atoms with Gasteiger partial charge in [0.25, 0.3) is 0 Å². The van der Waals surface area contributed by atoms with Crippen LogP contribution < -0.4 is 10.6 Å². The molecule has 1 aromatic carbocycles. The summed E-state index contributed by atoms with van der Waals surface area (Å²) in [5.41, 5.74) is 0.588. The van der Waals surface area contributed by atoms with Crippen molar-refractivity contribution in [1.29, 1.82) is 0 Å². The van der Waals surface area contributed by atoms with Crippen molar-refractivity contribution in [3.8, 4) is 0 Å². The molecule has 1 aromatic heterocycles. The standard InChI is InChI=1S/C15H20FN5/c1-11(2)7-8-17-15-20-14(10-19-21-15)18-9-12-5-3-4-6-13(12)16/h3-6,10-11H,7-9H2,1-2H3,(H2,17,18,20,21). The van der Waals surface area contributed by atoms with Gasteiger partial charge in [0.05, 0.1) is 6.20 Å². The second-order valence-electron chi connectivity index (χ2n) is 5.22. The third-order valence-electron chi connectivity index (χ3n) is 2.98. The van der Waals surface area contributed by atoms with E-state index >= 15 is 0 Å². The van der Waals surface area contributed by atoms with E-state index in [9.17, 15) is 4.39 Å². The maximum Gasteiger partial charge on any atom is 0.244 e. The number of rotatable bonds is 7. The molecule has 2 aromatic rings. The number of nitrogens with one attached hydrogen (secondary N) is 2. The highest BCUT2D eigenvalue weighted by Crippen LogP contribution is 2.10. The lowest BCUT2D eigenvalue weighted by atomic mass is 10.1. The van der Waals surface area contributed by atoms with Crippen molar-refractivity contribution in [2.45, 2.75) is 26.8 Å². The zero-order chi connectivity index (χ0) is 15.1. The Bertz CT molecular complexity index is 573. The smallest absolute Gasteiger partial charge is 0.244 e. The Balaban J connectivity index is 1.90. The zero-order valence-corrected chi connectivity index (χ0v) is 12.3. The fourth-order valence-corrected chi connectivity index (χ4v) is 1.76. The van der Waals surface area contributed by atoms with E-state index in [0.29, 0.717) is 29.8 Å². The second kappa shape index (κ2) is 7.52. The van der Waals surface area contributed by atoms with Crippen LogP contribution in [0.4, 0.5) is 16.2 Å². The normalized spacial score (nSPS) is 10.7. The minimum absolute atomic E-state index is 0.234. The summed E-state index contributed by atoms with van der Waals surface area (Å²) in [4.78, 5) is 4.30. The molecule has 0 aliphatic heterocycles. The van der Waals surface area contributed by atoms with E-state index in [0.717, 1.165) is 13.0 Å². The van der Waals surface area contributed by atoms with Gasteiger partial charge < -0.3 is 10.6 Å². The Morgan fingerprint density at radius 1 is 1.19 bits per heavy atom. The van der Waals surface area contributed by atoms with Gasteiger partial charge in [0.2, 0.25) is 5.95 Å². The van der Waals surface area contributed by atoms with Crippen molar-refractivity contribution in [2.75, 3.05) is 17.2 Å². The van der Waals surface area contributed by atoms with Crippen molar-refractivity contribution < 1.29 is 4.39 Å². The first kappa shape index (κ1) is 15.2. The summed E-state index contributed by atoms with van der Waals surface area (Å²) >= 11 is 0. The molecule has 0 atom stereocenters. The fourth-order valence-electron chi connectivity index (χ4n) is 1.76. The third kappa shape index (κ3) is 4.98. The molecule has 0 amide bonds. The highest BCUT2D eigenvalue weighted by Gasteiger charge is 2.03. The van der Waals surface area contributed by atoms with Gasteiger partial charge in [0.1, 0.15) is 5.82 Å². The molecule has 21 heavy (non-hydrogen) atoms. The molecule has 0 aliphatic carbocycles. The second-order valence-corrected chi connectivity index (χ2v) is 5.22. The van der Waals surface area contributed by atoms with Crippen molar-refractivity contribution in [3.05, 3.63) is 41.8 Å². The molecule has 0 unspecified atom stereocenters. The number of hydrogen-bond donors (Lipinski definition) is 2. The Labute approximate surface area is 124 Å². The molecule has 0 aliphatic rings. The molecule has 2 N–H and O–H groups in total. The van der Waals surface area contributed by atoms with E-state index < -0.39 is 0 Å². The predicted molar refractivity (Wildman–Crippen MR) is 81.5 cm³/mol. The van der Waals surface area contributed by atoms with E-state index in [2.05, 4.69) is 39.7 Å². The number of nitrogens with zero attached hydrogens (tertiary/aromatic N) is 3. The van der Waals surface area contributed by atoms with Crippen molar-refractivity contribution in [3.63, 3.8) is 0 Å². The van der Waals surface area contributed by atoms with Crippen LogP contribution in [0.3, 0.4) is 0 Å². The van der Waals surface area contributed by atoms with Crippen LogP contribution in [-0.2, 0) is 6.54 Å². The lowest BCUT2D eigenvalue weighted by Crippen LogP contribution is -2.10. The number of halogens is 1. The molecule has 0 saturated carbocycles. The molecule has 6 heteroatoms. The summed E-state index contributed by atoms with van der Waals surface area (Å²) in [6, 6.07) is 6.64. The van der Waals surface area contributed by atoms with E-state index in [-0.39, 0.29) is 5.82 Å². The molecule has 112 valence electrons. The molecule has 2 rings (SSSR count). The predicted octanol–water partition coefficient (Wildman–Crippen LogP) is 3.08. The zero-order valence-electron chi connectivity index (χ0n) is 12.3. The lowest BCUT2D eigenvalue weighted by molar-refractivity contribution is 0.605. The van der Waals surface area contributed by atoms with Crippen molar-refractivity contribution in [2.24, 2.45) is 5.92 Å². The van der Waals surface area contributed by atoms with E-state index in [1.54, 1.807) is 18.2 Å². The number of anilines is 2. The number of benzene rings is 1. The molecule has 0 bridgehead atoms. The van der Waals surface area contributed by atoms with Gasteiger partial charge >= 0.3 is 0 Å². The SMILES string of the molecule is CC(C)CCNc1nncc(NCc2ccccc2F)n1. The lowest BCUT2D eigenvalue weighted by Gasteiger charge is -2.09. The van der Waals surface area contributed by atoms with Crippen LogP contribution in [0.5, 0.6) is 0 Å². The summed E-state index contributed by atoms with van der Waals surface area (Å²) in [5.74, 6) is 1.43. The van der Waals surface area contributed by atoms with E-state index in [1.165, 1.54) is 12.3 Å². The molecule has 0 radical (unpaired) electrons. The quantitative estimate of drug-likeness (QED) is 0.820. The third-order valence-corrected chi connectivity index (χ3v) is 2.98. The highest BCUT2D eigenvalue weighted by atomic mass is 19.1. The average Bonchev–Trinajstić information content (AvgIpc) is 2.46. The van der Waals surface area contributed by atoms with Gasteiger partial charge in [-0.05, 0) is 18.4 Å². The van der Waals surface area contributed by atoms with Crippen molar-refractivity contribution >= 4 is 11.8 Å². The average molecular weight is 289 g/mol. The van der Waals surface area contributed by atoms with Crippen molar-refractivity contribution in [1.82, 2.24) is 15.2 Å². The van der Waals surface area contributed by atoms with Crippen LogP contribution in [0.15, 0.2) is 30.5 Å². The summed E-state index contributed by atoms with van der Waals surface area (Å²) < 4.78 is 13.5. The first-order valence-corrected chi connectivity index (χ1v) is 7.06. The Morgan fingerprint density at radius 2 is 2.00 bits per heavy atom. The first-order chi connectivity index (χ1) is 10.1. The van der Waals surface area contributed by atoms with Gasteiger partial charge in [-0.3, -0.25) is 0 Å². The van der Waals surface area contributed by atoms with Crippen LogP contribution in [0.2, 0.25) is 0 Å². The van der Waals surface area contributed by atoms with Crippen LogP contribution >= 0.6 is 0 Å². The maximum atomic E-state index is 13.5. The van der Waals surface area contributed by atoms with Gasteiger partial charge in [-0.2, -0.15) is 10.1 Å². The number of aromatic nitrogens is 3. The molecule has 5 nitrogen and oxygen atoms in total. The molecule has 0 spiro atoms. The molecule has 0 fully saturated rings. The Hall–Kier alpha value is -2.24. The van der Waals surface area contributed by atoms with Gasteiger partial charge in [-0.25, -0.2) is 4.39 Å². The summed E-state index contributed by atoms with van der Waals surface area (Å²) in [6.07, 6.45) is 2.56. The monoisotopic (exact) mass is 289 g/mol. The summed E-state index contributed by atoms with van der Waals surface area (Å²) in [6.45, 7) is 5.48. The Kier molecular flexibility index (Phi) is 5.43. The van der Waals surface area contributed by atoms with E-state index in [1.807, 2.05) is 0 Å². The van der Waals surface area contributed by atoms with Gasteiger partial charge in [-0.15, -0.1) is 5.10 Å². The molecule has 0 saturated heterocycles. The first-order valence-electron chi connectivity index (χ1n) is 7.06. The minimum atomic E-state index is -0.234. The van der Waals surface area contributed by atoms with Gasteiger partial charge in [-0.1, -0.05) is 32.0 Å². The van der Waals surface area contributed by atoms with Crippen LogP contribution in [0.25, 0.3) is 0 Å². The summed E-state index contributed by atoms with van der Waals surface area (Å²) in [5, 5.41) is 14.0. The van der Waals surface area contributed by atoms with Gasteiger partial charge in [0, 0.05) is 18.7 Å². The van der Waals surface area contributed by atoms with E-state index in [4.69, 9.17) is 0 Å². The largest absolute Gasteiger partial charge is 0.364 e.